The second-order valence-electron chi connectivity index (χ2n) is 4.98. The van der Waals surface area contributed by atoms with Crippen molar-refractivity contribution in [1.29, 1.82) is 0 Å². The molecular formula is C12H22O3. The van der Waals surface area contributed by atoms with Crippen molar-refractivity contribution in [3.63, 3.8) is 0 Å². The highest BCUT2D eigenvalue weighted by atomic mass is 16.7. The van der Waals surface area contributed by atoms with Crippen molar-refractivity contribution in [3.05, 3.63) is 0 Å². The minimum atomic E-state index is -0.378. The molecule has 1 aliphatic carbocycles. The van der Waals surface area contributed by atoms with E-state index in [2.05, 4.69) is 0 Å². The van der Waals surface area contributed by atoms with E-state index < -0.39 is 0 Å². The highest BCUT2D eigenvalue weighted by Crippen LogP contribution is 2.32. The molecule has 0 aromatic carbocycles. The van der Waals surface area contributed by atoms with Crippen LogP contribution in [0.25, 0.3) is 0 Å². The molecule has 1 N–H and O–H groups in total. The fraction of sp³-hybridized carbons (Fsp3) is 1.00. The van der Waals surface area contributed by atoms with Crippen LogP contribution in [0, 0.1) is 5.92 Å². The van der Waals surface area contributed by atoms with Crippen molar-refractivity contribution in [3.8, 4) is 0 Å². The molecule has 0 radical (unpaired) electrons. The van der Waals surface area contributed by atoms with Gasteiger partial charge in [-0.15, -0.1) is 0 Å². The van der Waals surface area contributed by atoms with Crippen LogP contribution >= 0.6 is 0 Å². The number of hydrogen-bond donors (Lipinski definition) is 1. The van der Waals surface area contributed by atoms with E-state index in [0.717, 1.165) is 25.7 Å². The van der Waals surface area contributed by atoms with Crippen LogP contribution in [-0.2, 0) is 9.47 Å². The van der Waals surface area contributed by atoms with Gasteiger partial charge in [-0.3, -0.25) is 0 Å². The lowest BCUT2D eigenvalue weighted by atomic mass is 9.83. The SMILES string of the molecule is CC1(CC[C@@H]2CCCC[C@H]2O)OCCO1. The van der Waals surface area contributed by atoms with Gasteiger partial charge in [0.05, 0.1) is 19.3 Å². The number of rotatable bonds is 3. The van der Waals surface area contributed by atoms with Gasteiger partial charge in [-0.25, -0.2) is 0 Å². The lowest BCUT2D eigenvalue weighted by Crippen LogP contribution is -2.30. The summed E-state index contributed by atoms with van der Waals surface area (Å²) in [6.07, 6.45) is 6.43. The Bertz CT molecular complexity index is 199. The third-order valence-electron chi connectivity index (χ3n) is 3.74. The summed E-state index contributed by atoms with van der Waals surface area (Å²) in [7, 11) is 0. The first-order valence-electron chi connectivity index (χ1n) is 6.16. The third kappa shape index (κ3) is 2.92. The Labute approximate surface area is 91.8 Å². The van der Waals surface area contributed by atoms with E-state index in [1.165, 1.54) is 12.8 Å². The predicted octanol–water partition coefficient (Wildman–Crippen LogP) is 2.08. The molecule has 0 aromatic rings. The first-order chi connectivity index (χ1) is 7.20. The van der Waals surface area contributed by atoms with Crippen LogP contribution in [0.2, 0.25) is 0 Å². The van der Waals surface area contributed by atoms with E-state index in [4.69, 9.17) is 9.47 Å². The maximum absolute atomic E-state index is 9.85. The van der Waals surface area contributed by atoms with Crippen molar-refractivity contribution < 1.29 is 14.6 Å². The second-order valence-corrected chi connectivity index (χ2v) is 4.98. The zero-order chi connectivity index (χ0) is 10.7. The lowest BCUT2D eigenvalue weighted by molar-refractivity contribution is -0.151. The average Bonchev–Trinajstić information content (AvgIpc) is 2.65. The number of aliphatic hydroxyl groups excluding tert-OH is 1. The molecule has 2 fully saturated rings. The molecule has 2 rings (SSSR count). The summed E-state index contributed by atoms with van der Waals surface area (Å²) in [6, 6.07) is 0. The largest absolute Gasteiger partial charge is 0.393 e. The highest BCUT2D eigenvalue weighted by molar-refractivity contribution is 4.78. The maximum Gasteiger partial charge on any atom is 0.165 e. The molecule has 0 aromatic heterocycles. The quantitative estimate of drug-likeness (QED) is 0.781. The van der Waals surface area contributed by atoms with Gasteiger partial charge in [-0.2, -0.15) is 0 Å². The summed E-state index contributed by atoms with van der Waals surface area (Å²) in [5.41, 5.74) is 0. The molecule has 88 valence electrons. The predicted molar refractivity (Wildman–Crippen MR) is 57.5 cm³/mol. The first-order valence-corrected chi connectivity index (χ1v) is 6.16. The lowest BCUT2D eigenvalue weighted by Gasteiger charge is -2.30. The van der Waals surface area contributed by atoms with Gasteiger partial charge in [-0.05, 0) is 32.1 Å². The molecule has 0 bridgehead atoms. The van der Waals surface area contributed by atoms with E-state index in [9.17, 15) is 5.11 Å². The van der Waals surface area contributed by atoms with Gasteiger partial charge >= 0.3 is 0 Å². The van der Waals surface area contributed by atoms with Gasteiger partial charge in [0.1, 0.15) is 0 Å². The van der Waals surface area contributed by atoms with Gasteiger partial charge in [-0.1, -0.05) is 12.8 Å². The minimum Gasteiger partial charge on any atom is -0.393 e. The minimum absolute atomic E-state index is 0.0937. The van der Waals surface area contributed by atoms with E-state index >= 15 is 0 Å². The normalized spacial score (nSPS) is 35.6. The van der Waals surface area contributed by atoms with Gasteiger partial charge < -0.3 is 14.6 Å². The van der Waals surface area contributed by atoms with Crippen LogP contribution in [0.5, 0.6) is 0 Å². The van der Waals surface area contributed by atoms with Crippen molar-refractivity contribution in [2.24, 2.45) is 5.92 Å². The molecule has 2 atom stereocenters. The van der Waals surface area contributed by atoms with Gasteiger partial charge in [0.15, 0.2) is 5.79 Å². The zero-order valence-corrected chi connectivity index (χ0v) is 9.58. The molecule has 0 spiro atoms. The summed E-state index contributed by atoms with van der Waals surface area (Å²) < 4.78 is 11.1. The summed E-state index contributed by atoms with van der Waals surface area (Å²) in [5, 5.41) is 9.85. The molecule has 2 aliphatic rings. The van der Waals surface area contributed by atoms with E-state index in [0.29, 0.717) is 19.1 Å². The Morgan fingerprint density at radius 2 is 1.87 bits per heavy atom. The average molecular weight is 214 g/mol. The van der Waals surface area contributed by atoms with E-state index in [1.54, 1.807) is 0 Å². The molecule has 1 aliphatic heterocycles. The van der Waals surface area contributed by atoms with Crippen molar-refractivity contribution in [1.82, 2.24) is 0 Å². The molecule has 0 amide bonds. The Hall–Kier alpha value is -0.120. The smallest absolute Gasteiger partial charge is 0.165 e. The van der Waals surface area contributed by atoms with Crippen LogP contribution in [0.3, 0.4) is 0 Å². The molecular weight excluding hydrogens is 192 g/mol. The fourth-order valence-corrected chi connectivity index (χ4v) is 2.67. The van der Waals surface area contributed by atoms with E-state index in [-0.39, 0.29) is 11.9 Å². The summed E-state index contributed by atoms with van der Waals surface area (Å²) in [4.78, 5) is 0. The van der Waals surface area contributed by atoms with Gasteiger partial charge in [0.25, 0.3) is 0 Å². The number of aliphatic hydroxyl groups is 1. The Morgan fingerprint density at radius 1 is 1.20 bits per heavy atom. The summed E-state index contributed by atoms with van der Waals surface area (Å²) in [6.45, 7) is 3.43. The number of hydrogen-bond acceptors (Lipinski definition) is 3. The first kappa shape index (κ1) is 11.4. The molecule has 3 heteroatoms. The molecule has 1 saturated heterocycles. The zero-order valence-electron chi connectivity index (χ0n) is 9.58. The number of ether oxygens (including phenoxy) is 2. The summed E-state index contributed by atoms with van der Waals surface area (Å²) >= 11 is 0. The molecule has 3 nitrogen and oxygen atoms in total. The van der Waals surface area contributed by atoms with Crippen LogP contribution in [0.15, 0.2) is 0 Å². The molecule has 0 unspecified atom stereocenters. The second kappa shape index (κ2) is 4.81. The molecule has 1 saturated carbocycles. The molecule has 1 heterocycles. The van der Waals surface area contributed by atoms with Gasteiger partial charge in [0.2, 0.25) is 0 Å². The molecule has 15 heavy (non-hydrogen) atoms. The summed E-state index contributed by atoms with van der Waals surface area (Å²) in [5.74, 6) is 0.0836. The van der Waals surface area contributed by atoms with Crippen molar-refractivity contribution >= 4 is 0 Å². The van der Waals surface area contributed by atoms with Crippen LogP contribution < -0.4 is 0 Å². The Morgan fingerprint density at radius 3 is 2.53 bits per heavy atom. The standard InChI is InChI=1S/C12H22O3/c1-12(14-8-9-15-12)7-6-10-4-2-3-5-11(10)13/h10-11,13H,2-9H2,1H3/t10-,11+/m0/s1. The van der Waals surface area contributed by atoms with Crippen molar-refractivity contribution in [2.45, 2.75) is 57.3 Å². The van der Waals surface area contributed by atoms with Gasteiger partial charge in [0, 0.05) is 6.42 Å². The Kier molecular flexibility index (Phi) is 3.65. The van der Waals surface area contributed by atoms with Crippen LogP contribution in [-0.4, -0.2) is 30.2 Å². The van der Waals surface area contributed by atoms with E-state index in [1.807, 2.05) is 6.92 Å². The van der Waals surface area contributed by atoms with Crippen LogP contribution in [0.4, 0.5) is 0 Å². The highest BCUT2D eigenvalue weighted by Gasteiger charge is 2.33. The topological polar surface area (TPSA) is 38.7 Å². The van der Waals surface area contributed by atoms with Crippen molar-refractivity contribution in [2.75, 3.05) is 13.2 Å². The maximum atomic E-state index is 9.85. The monoisotopic (exact) mass is 214 g/mol. The Balaban J connectivity index is 1.76. The van der Waals surface area contributed by atoms with Crippen LogP contribution in [0.1, 0.15) is 45.4 Å². The third-order valence-corrected chi connectivity index (χ3v) is 3.74. The fourth-order valence-electron chi connectivity index (χ4n) is 2.67.